The van der Waals surface area contributed by atoms with Gasteiger partial charge in [0.1, 0.15) is 6.61 Å². The second kappa shape index (κ2) is 9.40. The van der Waals surface area contributed by atoms with Crippen molar-refractivity contribution < 1.29 is 32.6 Å². The fourth-order valence-electron chi connectivity index (χ4n) is 1.26. The van der Waals surface area contributed by atoms with Gasteiger partial charge in [0.15, 0.2) is 0 Å². The number of halogens is 3. The summed E-state index contributed by atoms with van der Waals surface area (Å²) in [4.78, 5) is 21.6. The van der Waals surface area contributed by atoms with Crippen LogP contribution in [-0.2, 0) is 9.53 Å². The molecule has 0 aliphatic heterocycles. The van der Waals surface area contributed by atoms with Crippen molar-refractivity contribution in [3.63, 3.8) is 0 Å². The van der Waals surface area contributed by atoms with E-state index in [9.17, 15) is 22.8 Å². The minimum absolute atomic E-state index is 0.0633. The standard InChI is InChI=1S/C11H19F3N2O4/c1-2-8(6-20-7-11(12,13)14)16-10(19)15-5-3-4-9(17)18/h8H,2-7H2,1H3,(H,17,18)(H2,15,16,19). The number of nitrogens with one attached hydrogen (secondary N) is 2. The minimum Gasteiger partial charge on any atom is -0.481 e. The van der Waals surface area contributed by atoms with Crippen LogP contribution in [0.4, 0.5) is 18.0 Å². The average molecular weight is 300 g/mol. The number of aliphatic carboxylic acids is 1. The number of ether oxygens (including phenoxy) is 1. The van der Waals surface area contributed by atoms with Gasteiger partial charge in [-0.1, -0.05) is 6.92 Å². The lowest BCUT2D eigenvalue weighted by Gasteiger charge is -2.18. The number of hydrogen-bond acceptors (Lipinski definition) is 3. The van der Waals surface area contributed by atoms with Crippen molar-refractivity contribution in [3.05, 3.63) is 0 Å². The second-order valence-corrected chi connectivity index (χ2v) is 4.13. The van der Waals surface area contributed by atoms with Gasteiger partial charge < -0.3 is 20.5 Å². The van der Waals surface area contributed by atoms with E-state index in [0.29, 0.717) is 6.42 Å². The van der Waals surface area contributed by atoms with Crippen LogP contribution in [0, 0.1) is 0 Å². The molecule has 9 heteroatoms. The third-order valence-electron chi connectivity index (χ3n) is 2.27. The number of urea groups is 1. The summed E-state index contributed by atoms with van der Waals surface area (Å²) in [7, 11) is 0. The van der Waals surface area contributed by atoms with E-state index in [4.69, 9.17) is 5.11 Å². The van der Waals surface area contributed by atoms with Crippen LogP contribution in [0.3, 0.4) is 0 Å². The monoisotopic (exact) mass is 300 g/mol. The Morgan fingerprint density at radius 1 is 1.35 bits per heavy atom. The van der Waals surface area contributed by atoms with E-state index in [2.05, 4.69) is 15.4 Å². The Balaban J connectivity index is 3.80. The molecule has 0 rings (SSSR count). The Morgan fingerprint density at radius 3 is 2.50 bits per heavy atom. The summed E-state index contributed by atoms with van der Waals surface area (Å²) < 4.78 is 40.1. The molecule has 0 aromatic carbocycles. The van der Waals surface area contributed by atoms with Gasteiger partial charge in [0.2, 0.25) is 0 Å². The van der Waals surface area contributed by atoms with E-state index in [0.717, 1.165) is 0 Å². The zero-order valence-corrected chi connectivity index (χ0v) is 11.1. The number of alkyl halides is 3. The zero-order chi connectivity index (χ0) is 15.6. The molecular formula is C11H19F3N2O4. The number of amides is 2. The number of hydrogen-bond donors (Lipinski definition) is 3. The van der Waals surface area contributed by atoms with E-state index in [1.165, 1.54) is 0 Å². The highest BCUT2D eigenvalue weighted by Gasteiger charge is 2.27. The molecule has 0 bridgehead atoms. The quantitative estimate of drug-likeness (QED) is 0.563. The lowest BCUT2D eigenvalue weighted by Crippen LogP contribution is -2.44. The number of carbonyl (C=O) groups is 2. The first kappa shape index (κ1) is 18.5. The first-order chi connectivity index (χ1) is 9.24. The molecule has 0 aromatic heterocycles. The van der Waals surface area contributed by atoms with Crippen molar-refractivity contribution in [2.75, 3.05) is 19.8 Å². The minimum atomic E-state index is -4.39. The smallest absolute Gasteiger partial charge is 0.411 e. The molecule has 118 valence electrons. The van der Waals surface area contributed by atoms with Gasteiger partial charge in [-0.3, -0.25) is 4.79 Å². The topological polar surface area (TPSA) is 87.7 Å². The molecule has 1 atom stereocenters. The third kappa shape index (κ3) is 11.6. The number of carboxylic acid groups (broad SMARTS) is 1. The summed E-state index contributed by atoms with van der Waals surface area (Å²) in [6.45, 7) is 0.286. The van der Waals surface area contributed by atoms with Crippen LogP contribution < -0.4 is 10.6 Å². The lowest BCUT2D eigenvalue weighted by atomic mass is 10.2. The Kier molecular flexibility index (Phi) is 8.69. The van der Waals surface area contributed by atoms with Crippen LogP contribution in [0.15, 0.2) is 0 Å². The summed E-state index contributed by atoms with van der Waals surface area (Å²) >= 11 is 0. The molecule has 0 saturated carbocycles. The summed E-state index contributed by atoms with van der Waals surface area (Å²) in [5.41, 5.74) is 0. The fraction of sp³-hybridized carbons (Fsp3) is 0.818. The predicted molar refractivity (Wildman–Crippen MR) is 64.4 cm³/mol. The predicted octanol–water partition coefficient (Wildman–Crippen LogP) is 1.51. The maximum atomic E-state index is 11.9. The number of carboxylic acids is 1. The van der Waals surface area contributed by atoms with Crippen LogP contribution in [-0.4, -0.2) is 49.1 Å². The van der Waals surface area contributed by atoms with Crippen molar-refractivity contribution >= 4 is 12.0 Å². The molecule has 0 fully saturated rings. The van der Waals surface area contributed by atoms with E-state index in [1.54, 1.807) is 6.92 Å². The van der Waals surface area contributed by atoms with Gasteiger partial charge in [0, 0.05) is 13.0 Å². The van der Waals surface area contributed by atoms with Gasteiger partial charge in [-0.05, 0) is 12.8 Å². The molecule has 6 nitrogen and oxygen atoms in total. The van der Waals surface area contributed by atoms with E-state index < -0.39 is 30.8 Å². The van der Waals surface area contributed by atoms with Gasteiger partial charge in [0.25, 0.3) is 0 Å². The molecule has 0 spiro atoms. The highest BCUT2D eigenvalue weighted by molar-refractivity contribution is 5.74. The summed E-state index contributed by atoms with van der Waals surface area (Å²) in [5.74, 6) is -0.959. The number of rotatable bonds is 9. The summed E-state index contributed by atoms with van der Waals surface area (Å²) in [6.07, 6.45) is -3.76. The van der Waals surface area contributed by atoms with E-state index in [1.807, 2.05) is 0 Å². The molecule has 1 unspecified atom stereocenters. The molecule has 0 saturated heterocycles. The van der Waals surface area contributed by atoms with Gasteiger partial charge in [0.05, 0.1) is 12.6 Å². The van der Waals surface area contributed by atoms with Gasteiger partial charge in [-0.15, -0.1) is 0 Å². The van der Waals surface area contributed by atoms with Crippen molar-refractivity contribution in [1.82, 2.24) is 10.6 Å². The van der Waals surface area contributed by atoms with Crippen molar-refractivity contribution in [3.8, 4) is 0 Å². The Bertz CT molecular complexity index is 311. The molecule has 0 radical (unpaired) electrons. The molecule has 0 aliphatic carbocycles. The van der Waals surface area contributed by atoms with Crippen molar-refractivity contribution in [1.29, 1.82) is 0 Å². The highest BCUT2D eigenvalue weighted by Crippen LogP contribution is 2.14. The number of carbonyl (C=O) groups excluding carboxylic acids is 1. The van der Waals surface area contributed by atoms with Crippen LogP contribution >= 0.6 is 0 Å². The van der Waals surface area contributed by atoms with E-state index >= 15 is 0 Å². The van der Waals surface area contributed by atoms with E-state index in [-0.39, 0.29) is 26.0 Å². The fourth-order valence-corrected chi connectivity index (χ4v) is 1.26. The van der Waals surface area contributed by atoms with Gasteiger partial charge in [-0.2, -0.15) is 13.2 Å². The third-order valence-corrected chi connectivity index (χ3v) is 2.27. The van der Waals surface area contributed by atoms with Crippen LogP contribution in [0.25, 0.3) is 0 Å². The summed E-state index contributed by atoms with van der Waals surface area (Å²) in [6, 6.07) is -1.09. The molecule has 3 N–H and O–H groups in total. The normalized spacial score (nSPS) is 12.8. The van der Waals surface area contributed by atoms with Crippen molar-refractivity contribution in [2.24, 2.45) is 0 Å². The lowest BCUT2D eigenvalue weighted by molar-refractivity contribution is -0.175. The van der Waals surface area contributed by atoms with Crippen LogP contribution in [0.5, 0.6) is 0 Å². The van der Waals surface area contributed by atoms with Crippen LogP contribution in [0.1, 0.15) is 26.2 Å². The SMILES string of the molecule is CCC(COCC(F)(F)F)NC(=O)NCCCC(=O)O. The molecule has 0 aromatic rings. The molecule has 2 amide bonds. The molecule has 0 heterocycles. The first-order valence-electron chi connectivity index (χ1n) is 6.15. The molecular weight excluding hydrogens is 281 g/mol. The van der Waals surface area contributed by atoms with Gasteiger partial charge >= 0.3 is 18.2 Å². The first-order valence-corrected chi connectivity index (χ1v) is 6.15. The summed E-state index contributed by atoms with van der Waals surface area (Å²) in [5, 5.41) is 13.3. The Morgan fingerprint density at radius 2 is 2.00 bits per heavy atom. The Hall–Kier alpha value is -1.51. The highest BCUT2D eigenvalue weighted by atomic mass is 19.4. The van der Waals surface area contributed by atoms with Crippen molar-refractivity contribution in [2.45, 2.75) is 38.4 Å². The largest absolute Gasteiger partial charge is 0.481 e. The molecule has 0 aliphatic rings. The average Bonchev–Trinajstić information content (AvgIpc) is 2.31. The zero-order valence-electron chi connectivity index (χ0n) is 11.1. The van der Waals surface area contributed by atoms with Gasteiger partial charge in [-0.25, -0.2) is 4.79 Å². The van der Waals surface area contributed by atoms with Crippen LogP contribution in [0.2, 0.25) is 0 Å². The maximum Gasteiger partial charge on any atom is 0.411 e. The maximum absolute atomic E-state index is 11.9. The Labute approximate surface area is 114 Å². The second-order valence-electron chi connectivity index (χ2n) is 4.13. The molecule has 20 heavy (non-hydrogen) atoms.